The molecule has 2 heteroatoms. The second-order valence-electron chi connectivity index (χ2n) is 2.59. The summed E-state index contributed by atoms with van der Waals surface area (Å²) in [5.41, 5.74) is 2.96. The van der Waals surface area contributed by atoms with E-state index in [1.165, 1.54) is 6.08 Å². The topological polar surface area (TPSA) is 36.7 Å². The molecule has 12 heavy (non-hydrogen) atoms. The van der Waals surface area contributed by atoms with Crippen LogP contribution < -0.4 is 0 Å². The highest BCUT2D eigenvalue weighted by Crippen LogP contribution is 2.07. The van der Waals surface area contributed by atoms with Crippen LogP contribution in [0.5, 0.6) is 0 Å². The van der Waals surface area contributed by atoms with Crippen molar-refractivity contribution in [2.45, 2.75) is 13.8 Å². The smallest absolute Gasteiger partial charge is 0.0912 e. The fraction of sp³-hybridized carbons (Fsp3) is 0.200. The van der Waals surface area contributed by atoms with Crippen molar-refractivity contribution in [3.05, 3.63) is 35.2 Å². The Balaban J connectivity index is 3.03. The van der Waals surface area contributed by atoms with Crippen LogP contribution in [0.2, 0.25) is 0 Å². The van der Waals surface area contributed by atoms with Gasteiger partial charge in [0.05, 0.1) is 6.07 Å². The summed E-state index contributed by atoms with van der Waals surface area (Å²) in [7, 11) is 0. The number of rotatable bonds is 1. The van der Waals surface area contributed by atoms with Gasteiger partial charge in [-0.25, -0.2) is 0 Å². The molecule has 0 unspecified atom stereocenters. The first-order chi connectivity index (χ1) is 5.74. The molecule has 0 aliphatic rings. The molecule has 60 valence electrons. The fourth-order valence-corrected chi connectivity index (χ4v) is 1.00. The highest BCUT2D eigenvalue weighted by Gasteiger charge is 1.94. The molecule has 1 aromatic rings. The maximum absolute atomic E-state index is 8.32. The van der Waals surface area contributed by atoms with Gasteiger partial charge in [0.15, 0.2) is 0 Å². The average molecular weight is 158 g/mol. The number of allylic oxidation sites excluding steroid dienone is 1. The standard InChI is InChI=1S/C10H10N2/c1-8-5-6-10(4-3-7-11)9(2)12-8/h3-6H,1-2H3. The molecule has 0 N–H and O–H groups in total. The number of nitrogens with zero attached hydrogens (tertiary/aromatic N) is 2. The summed E-state index contributed by atoms with van der Waals surface area (Å²) in [5, 5.41) is 8.32. The molecule has 0 saturated carbocycles. The molecule has 1 rings (SSSR count). The third-order valence-corrected chi connectivity index (χ3v) is 1.60. The fourth-order valence-electron chi connectivity index (χ4n) is 1.00. The van der Waals surface area contributed by atoms with Crippen LogP contribution in [0.25, 0.3) is 6.08 Å². The molecule has 0 aliphatic carbocycles. The summed E-state index contributed by atoms with van der Waals surface area (Å²) in [6.07, 6.45) is 3.22. The third-order valence-electron chi connectivity index (χ3n) is 1.60. The Morgan fingerprint density at radius 1 is 1.42 bits per heavy atom. The highest BCUT2D eigenvalue weighted by atomic mass is 14.7. The van der Waals surface area contributed by atoms with Gasteiger partial charge in [0.25, 0.3) is 0 Å². The van der Waals surface area contributed by atoms with Crippen LogP contribution in [0.15, 0.2) is 18.2 Å². The Labute approximate surface area is 72.2 Å². The highest BCUT2D eigenvalue weighted by molar-refractivity contribution is 5.53. The second kappa shape index (κ2) is 3.68. The summed E-state index contributed by atoms with van der Waals surface area (Å²) in [6.45, 7) is 3.88. The van der Waals surface area contributed by atoms with Crippen molar-refractivity contribution in [2.24, 2.45) is 0 Å². The van der Waals surface area contributed by atoms with Crippen LogP contribution in [0.3, 0.4) is 0 Å². The van der Waals surface area contributed by atoms with E-state index in [0.717, 1.165) is 17.0 Å². The minimum absolute atomic E-state index is 0.960. The molecule has 0 aliphatic heterocycles. The molecule has 0 saturated heterocycles. The van der Waals surface area contributed by atoms with Gasteiger partial charge in [-0.3, -0.25) is 4.98 Å². The Kier molecular flexibility index (Phi) is 2.60. The second-order valence-corrected chi connectivity index (χ2v) is 2.59. The van der Waals surface area contributed by atoms with Crippen molar-refractivity contribution in [2.75, 3.05) is 0 Å². The Hall–Kier alpha value is -1.62. The molecular weight excluding hydrogens is 148 g/mol. The van der Waals surface area contributed by atoms with Gasteiger partial charge in [-0.15, -0.1) is 0 Å². The predicted molar refractivity (Wildman–Crippen MR) is 48.4 cm³/mol. The molecule has 0 fully saturated rings. The summed E-state index contributed by atoms with van der Waals surface area (Å²) >= 11 is 0. The number of aryl methyl sites for hydroxylation is 2. The van der Waals surface area contributed by atoms with E-state index in [0.29, 0.717) is 0 Å². The van der Waals surface area contributed by atoms with Gasteiger partial charge in [-0.1, -0.05) is 6.07 Å². The summed E-state index contributed by atoms with van der Waals surface area (Å²) in [6, 6.07) is 5.85. The van der Waals surface area contributed by atoms with E-state index < -0.39 is 0 Å². The lowest BCUT2D eigenvalue weighted by Crippen LogP contribution is -1.88. The van der Waals surface area contributed by atoms with E-state index in [4.69, 9.17) is 5.26 Å². The summed E-state index contributed by atoms with van der Waals surface area (Å²) in [4.78, 5) is 4.27. The minimum Gasteiger partial charge on any atom is -0.258 e. The largest absolute Gasteiger partial charge is 0.258 e. The van der Waals surface area contributed by atoms with E-state index in [9.17, 15) is 0 Å². The van der Waals surface area contributed by atoms with E-state index in [-0.39, 0.29) is 0 Å². The van der Waals surface area contributed by atoms with Crippen LogP contribution in [-0.2, 0) is 0 Å². The van der Waals surface area contributed by atoms with Gasteiger partial charge in [-0.2, -0.15) is 5.26 Å². The van der Waals surface area contributed by atoms with Gasteiger partial charge in [0.1, 0.15) is 0 Å². The Morgan fingerprint density at radius 3 is 2.75 bits per heavy atom. The molecule has 0 amide bonds. The van der Waals surface area contributed by atoms with E-state index in [1.807, 2.05) is 32.0 Å². The molecule has 0 atom stereocenters. The maximum atomic E-state index is 8.32. The third kappa shape index (κ3) is 1.93. The zero-order chi connectivity index (χ0) is 8.97. The average Bonchev–Trinajstić information content (AvgIpc) is 2.03. The van der Waals surface area contributed by atoms with Crippen molar-refractivity contribution in [3.63, 3.8) is 0 Å². The van der Waals surface area contributed by atoms with Crippen molar-refractivity contribution < 1.29 is 0 Å². The number of pyridine rings is 1. The lowest BCUT2D eigenvalue weighted by Gasteiger charge is -1.98. The first-order valence-electron chi connectivity index (χ1n) is 3.74. The van der Waals surface area contributed by atoms with Crippen molar-refractivity contribution in [1.82, 2.24) is 4.98 Å². The summed E-state index contributed by atoms with van der Waals surface area (Å²) in [5.74, 6) is 0. The van der Waals surface area contributed by atoms with E-state index in [2.05, 4.69) is 4.98 Å². The number of hydrogen-bond acceptors (Lipinski definition) is 2. The summed E-state index contributed by atoms with van der Waals surface area (Å²) < 4.78 is 0. The van der Waals surface area contributed by atoms with Gasteiger partial charge < -0.3 is 0 Å². The molecule has 0 spiro atoms. The van der Waals surface area contributed by atoms with Crippen LogP contribution in [0, 0.1) is 25.2 Å². The Morgan fingerprint density at radius 2 is 2.17 bits per heavy atom. The van der Waals surface area contributed by atoms with Crippen molar-refractivity contribution in [1.29, 1.82) is 5.26 Å². The molecule has 0 aromatic carbocycles. The maximum Gasteiger partial charge on any atom is 0.0912 e. The van der Waals surface area contributed by atoms with E-state index in [1.54, 1.807) is 6.08 Å². The van der Waals surface area contributed by atoms with Crippen LogP contribution in [0.1, 0.15) is 17.0 Å². The molecule has 2 nitrogen and oxygen atoms in total. The lowest BCUT2D eigenvalue weighted by atomic mass is 10.2. The quantitative estimate of drug-likeness (QED) is 0.587. The van der Waals surface area contributed by atoms with Crippen molar-refractivity contribution in [3.8, 4) is 6.07 Å². The molecule has 1 heterocycles. The predicted octanol–water partition coefficient (Wildman–Crippen LogP) is 2.24. The first-order valence-corrected chi connectivity index (χ1v) is 3.74. The van der Waals surface area contributed by atoms with E-state index >= 15 is 0 Å². The molecule has 0 radical (unpaired) electrons. The Bertz CT molecular complexity index is 345. The van der Waals surface area contributed by atoms with Gasteiger partial charge in [-0.05, 0) is 31.6 Å². The van der Waals surface area contributed by atoms with Gasteiger partial charge in [0, 0.05) is 17.5 Å². The van der Waals surface area contributed by atoms with Crippen LogP contribution in [0.4, 0.5) is 0 Å². The minimum atomic E-state index is 0.960. The van der Waals surface area contributed by atoms with Crippen LogP contribution >= 0.6 is 0 Å². The molecule has 1 aromatic heterocycles. The van der Waals surface area contributed by atoms with Gasteiger partial charge in [0.2, 0.25) is 0 Å². The SMILES string of the molecule is Cc1ccc(C=CC#N)c(C)n1. The zero-order valence-corrected chi connectivity index (χ0v) is 7.20. The number of nitriles is 1. The normalized spacial score (nSPS) is 10.1. The number of aromatic nitrogens is 1. The lowest BCUT2D eigenvalue weighted by molar-refractivity contribution is 1.11. The molecular formula is C10H10N2. The zero-order valence-electron chi connectivity index (χ0n) is 7.20. The van der Waals surface area contributed by atoms with Crippen molar-refractivity contribution >= 4 is 6.08 Å². The van der Waals surface area contributed by atoms with Crippen LogP contribution in [-0.4, -0.2) is 4.98 Å². The van der Waals surface area contributed by atoms with Gasteiger partial charge >= 0.3 is 0 Å². The first kappa shape index (κ1) is 8.48. The number of hydrogen-bond donors (Lipinski definition) is 0. The molecule has 0 bridgehead atoms. The monoisotopic (exact) mass is 158 g/mol.